The summed E-state index contributed by atoms with van der Waals surface area (Å²) in [5, 5.41) is 0. The summed E-state index contributed by atoms with van der Waals surface area (Å²) >= 11 is 3.49. The lowest BCUT2D eigenvalue weighted by molar-refractivity contribution is 0.593. The van der Waals surface area contributed by atoms with Crippen LogP contribution in [0.5, 0.6) is 0 Å². The van der Waals surface area contributed by atoms with E-state index >= 15 is 0 Å². The van der Waals surface area contributed by atoms with E-state index in [9.17, 15) is 0 Å². The summed E-state index contributed by atoms with van der Waals surface area (Å²) in [6, 6.07) is 0. The van der Waals surface area contributed by atoms with E-state index in [1.165, 1.54) is 31.6 Å². The molecule has 3 aromatic rings. The van der Waals surface area contributed by atoms with Gasteiger partial charge in [-0.25, -0.2) is 9.97 Å². The molecule has 106 valence electrons. The number of thiazole rings is 2. The molecule has 2 nitrogen and oxygen atoms in total. The molecule has 0 spiro atoms. The Bertz CT molecular complexity index is 668. The van der Waals surface area contributed by atoms with Crippen molar-refractivity contribution >= 4 is 43.1 Å². The fourth-order valence-electron chi connectivity index (χ4n) is 2.81. The smallest absolute Gasteiger partial charge is 0.0868 e. The zero-order chi connectivity index (χ0) is 14.7. The summed E-state index contributed by atoms with van der Waals surface area (Å²) in [5.41, 5.74) is 9.13. The first-order valence-corrected chi connectivity index (χ1v) is 8.60. The minimum absolute atomic E-state index is 0.0769. The second-order valence-electron chi connectivity index (χ2n) is 7.31. The van der Waals surface area contributed by atoms with Gasteiger partial charge in [0, 0.05) is 11.1 Å². The number of rotatable bonds is 0. The summed E-state index contributed by atoms with van der Waals surface area (Å²) in [6.45, 7) is 13.6. The Morgan fingerprint density at radius 3 is 1.35 bits per heavy atom. The van der Waals surface area contributed by atoms with Gasteiger partial charge in [0.2, 0.25) is 0 Å². The molecule has 2 heterocycles. The molecule has 0 fully saturated rings. The topological polar surface area (TPSA) is 25.8 Å². The highest BCUT2D eigenvalue weighted by molar-refractivity contribution is 7.18. The van der Waals surface area contributed by atoms with Crippen LogP contribution in [0.25, 0.3) is 20.4 Å². The maximum absolute atomic E-state index is 4.69. The lowest BCUT2D eigenvalue weighted by Crippen LogP contribution is -2.16. The van der Waals surface area contributed by atoms with Crippen LogP contribution in [-0.2, 0) is 10.8 Å². The molecule has 0 atom stereocenters. The van der Waals surface area contributed by atoms with Crippen molar-refractivity contribution in [2.45, 2.75) is 52.4 Å². The number of benzene rings is 1. The molecule has 0 aliphatic rings. The second kappa shape index (κ2) is 4.25. The minimum atomic E-state index is 0.0769. The lowest BCUT2D eigenvalue weighted by atomic mass is 9.80. The van der Waals surface area contributed by atoms with Crippen LogP contribution in [0.3, 0.4) is 0 Å². The number of nitrogens with zero attached hydrogens (tertiary/aromatic N) is 2. The van der Waals surface area contributed by atoms with Crippen LogP contribution in [0.4, 0.5) is 0 Å². The number of fused-ring (bicyclic) bond motifs is 2. The molecule has 0 aliphatic heterocycles. The maximum atomic E-state index is 4.69. The highest BCUT2D eigenvalue weighted by atomic mass is 32.1. The average Bonchev–Trinajstić information content (AvgIpc) is 2.88. The monoisotopic (exact) mass is 304 g/mol. The number of aromatic nitrogens is 2. The Morgan fingerprint density at radius 2 is 1.05 bits per heavy atom. The van der Waals surface area contributed by atoms with E-state index < -0.39 is 0 Å². The Hall–Kier alpha value is -1.00. The zero-order valence-corrected chi connectivity index (χ0v) is 14.5. The van der Waals surface area contributed by atoms with Crippen LogP contribution >= 0.6 is 22.7 Å². The van der Waals surface area contributed by atoms with Gasteiger partial charge in [0.15, 0.2) is 0 Å². The van der Waals surface area contributed by atoms with Crippen LogP contribution in [0.1, 0.15) is 52.7 Å². The first kappa shape index (κ1) is 14.0. The molecule has 0 saturated carbocycles. The standard InChI is InChI=1S/C16H20N2S2/c1-15(2,3)9-11-14(20-7-17-11)10(16(4,5)6)12-13(9)19-8-18-12/h7-8H,1-6H3. The molecule has 2 aromatic heterocycles. The van der Waals surface area contributed by atoms with Gasteiger partial charge in [-0.05, 0) is 10.8 Å². The van der Waals surface area contributed by atoms with Crippen LogP contribution in [0.2, 0.25) is 0 Å². The molecule has 1 aromatic carbocycles. The summed E-state index contributed by atoms with van der Waals surface area (Å²) in [5.74, 6) is 0. The Kier molecular flexibility index (Phi) is 2.96. The van der Waals surface area contributed by atoms with Crippen LogP contribution < -0.4 is 0 Å². The third kappa shape index (κ3) is 1.97. The van der Waals surface area contributed by atoms with Gasteiger partial charge in [-0.1, -0.05) is 41.5 Å². The maximum Gasteiger partial charge on any atom is 0.0868 e. The largest absolute Gasteiger partial charge is 0.244 e. The Balaban J connectivity index is 2.60. The van der Waals surface area contributed by atoms with Crippen molar-refractivity contribution < 1.29 is 0 Å². The van der Waals surface area contributed by atoms with Gasteiger partial charge in [0.25, 0.3) is 0 Å². The van der Waals surface area contributed by atoms with E-state index in [0.29, 0.717) is 0 Å². The first-order chi connectivity index (χ1) is 9.21. The molecule has 0 bridgehead atoms. The molecule has 0 saturated heterocycles. The summed E-state index contributed by atoms with van der Waals surface area (Å²) in [4.78, 5) is 9.37. The van der Waals surface area contributed by atoms with E-state index in [0.717, 1.165) is 0 Å². The van der Waals surface area contributed by atoms with Gasteiger partial charge in [0.05, 0.1) is 31.5 Å². The van der Waals surface area contributed by atoms with E-state index in [1.807, 2.05) is 11.0 Å². The van der Waals surface area contributed by atoms with Crippen molar-refractivity contribution in [3.63, 3.8) is 0 Å². The minimum Gasteiger partial charge on any atom is -0.244 e. The molecule has 0 N–H and O–H groups in total. The molecule has 4 heteroatoms. The summed E-state index contributed by atoms with van der Waals surface area (Å²) in [6.07, 6.45) is 0. The van der Waals surface area contributed by atoms with Crippen molar-refractivity contribution in [2.24, 2.45) is 0 Å². The third-order valence-electron chi connectivity index (χ3n) is 3.56. The van der Waals surface area contributed by atoms with Gasteiger partial charge in [-0.15, -0.1) is 22.7 Å². The van der Waals surface area contributed by atoms with Gasteiger partial charge >= 0.3 is 0 Å². The summed E-state index contributed by atoms with van der Waals surface area (Å²) in [7, 11) is 0. The second-order valence-corrected chi connectivity index (χ2v) is 9.02. The lowest BCUT2D eigenvalue weighted by Gasteiger charge is -2.25. The Labute approximate surface area is 127 Å². The highest BCUT2D eigenvalue weighted by Crippen LogP contribution is 2.45. The van der Waals surface area contributed by atoms with Crippen molar-refractivity contribution in [1.82, 2.24) is 9.97 Å². The third-order valence-corrected chi connectivity index (χ3v) is 5.25. The van der Waals surface area contributed by atoms with E-state index in [-0.39, 0.29) is 10.8 Å². The van der Waals surface area contributed by atoms with Crippen molar-refractivity contribution in [3.05, 3.63) is 22.1 Å². The molecule has 3 rings (SSSR count). The van der Waals surface area contributed by atoms with Gasteiger partial charge in [-0.3, -0.25) is 0 Å². The molecule has 20 heavy (non-hydrogen) atoms. The SMILES string of the molecule is CC(C)(C)c1c2ncsc2c(C(C)(C)C)c2ncsc12. The van der Waals surface area contributed by atoms with Crippen LogP contribution in [-0.4, -0.2) is 9.97 Å². The van der Waals surface area contributed by atoms with Gasteiger partial charge in [0.1, 0.15) is 0 Å². The van der Waals surface area contributed by atoms with Crippen LogP contribution in [0, 0.1) is 0 Å². The molecule has 0 unspecified atom stereocenters. The van der Waals surface area contributed by atoms with E-state index in [1.54, 1.807) is 22.7 Å². The molecule has 0 aliphatic carbocycles. The van der Waals surface area contributed by atoms with Crippen molar-refractivity contribution in [2.75, 3.05) is 0 Å². The van der Waals surface area contributed by atoms with Gasteiger partial charge in [-0.2, -0.15) is 0 Å². The van der Waals surface area contributed by atoms with E-state index in [2.05, 4.69) is 51.5 Å². The summed E-state index contributed by atoms with van der Waals surface area (Å²) < 4.78 is 2.61. The first-order valence-electron chi connectivity index (χ1n) is 6.84. The fraction of sp³-hybridized carbons (Fsp3) is 0.500. The predicted molar refractivity (Wildman–Crippen MR) is 90.2 cm³/mol. The highest BCUT2D eigenvalue weighted by Gasteiger charge is 2.30. The quantitative estimate of drug-likeness (QED) is 0.548. The predicted octanol–water partition coefficient (Wildman–Crippen LogP) is 5.50. The molecular weight excluding hydrogens is 284 g/mol. The number of hydrogen-bond donors (Lipinski definition) is 0. The molecule has 0 amide bonds. The zero-order valence-electron chi connectivity index (χ0n) is 12.9. The Morgan fingerprint density at radius 1 is 0.700 bits per heavy atom. The average molecular weight is 304 g/mol. The van der Waals surface area contributed by atoms with Crippen molar-refractivity contribution in [1.29, 1.82) is 0 Å². The van der Waals surface area contributed by atoms with E-state index in [4.69, 9.17) is 0 Å². The molecule has 0 radical (unpaired) electrons. The van der Waals surface area contributed by atoms with Crippen molar-refractivity contribution in [3.8, 4) is 0 Å². The number of hydrogen-bond acceptors (Lipinski definition) is 4. The van der Waals surface area contributed by atoms with Gasteiger partial charge < -0.3 is 0 Å². The normalized spacial score (nSPS) is 13.5. The van der Waals surface area contributed by atoms with Crippen LogP contribution in [0.15, 0.2) is 11.0 Å². The molecular formula is C16H20N2S2. The fourth-order valence-corrected chi connectivity index (χ4v) is 4.91.